The Labute approximate surface area is 55.1 Å². The topological polar surface area (TPSA) is 40.5 Å². The molecule has 0 aliphatic carbocycles. The number of aliphatic hydroxyl groups is 1. The van der Waals surface area contributed by atoms with E-state index in [0.29, 0.717) is 0 Å². The summed E-state index contributed by atoms with van der Waals surface area (Å²) in [5.74, 6) is 0. The van der Waals surface area contributed by atoms with Crippen molar-refractivity contribution in [2.45, 2.75) is 0 Å². The second kappa shape index (κ2) is 3.84. The van der Waals surface area contributed by atoms with Crippen molar-refractivity contribution in [1.82, 2.24) is 0 Å². The van der Waals surface area contributed by atoms with Crippen LogP contribution in [0.15, 0.2) is 0 Å². The SMILES string of the molecule is CO[B-](OC)(OC)[OH+]C. The van der Waals surface area contributed by atoms with Crippen molar-refractivity contribution in [3.8, 4) is 0 Å². The normalized spacial score (nSPS) is 12.0. The summed E-state index contributed by atoms with van der Waals surface area (Å²) in [4.78, 5) is 0. The summed E-state index contributed by atoms with van der Waals surface area (Å²) in [5.41, 5.74) is 0. The summed E-state index contributed by atoms with van der Waals surface area (Å²) in [7, 11) is 6.04. The van der Waals surface area contributed by atoms with E-state index in [2.05, 4.69) is 4.65 Å². The molecule has 0 saturated heterocycles. The van der Waals surface area contributed by atoms with Gasteiger partial charge in [0.15, 0.2) is 0 Å². The van der Waals surface area contributed by atoms with Crippen molar-refractivity contribution in [3.05, 3.63) is 0 Å². The highest BCUT2D eigenvalue weighted by Gasteiger charge is 2.37. The van der Waals surface area contributed by atoms with Crippen molar-refractivity contribution >= 4 is 6.96 Å². The Hall–Kier alpha value is -0.0951. The molecular formula is C4H13BO4. The van der Waals surface area contributed by atoms with Gasteiger partial charge in [0.25, 0.3) is 0 Å². The molecule has 56 valence electrons. The lowest BCUT2D eigenvalue weighted by Crippen LogP contribution is -2.48. The second-order valence-electron chi connectivity index (χ2n) is 1.57. The quantitative estimate of drug-likeness (QED) is 0.387. The molecule has 0 radical (unpaired) electrons. The first kappa shape index (κ1) is 8.90. The molecule has 0 atom stereocenters. The summed E-state index contributed by atoms with van der Waals surface area (Å²) < 4.78 is 18.3. The lowest BCUT2D eigenvalue weighted by molar-refractivity contribution is -0.0473. The van der Waals surface area contributed by atoms with E-state index in [-0.39, 0.29) is 0 Å². The molecule has 0 aromatic carbocycles. The lowest BCUT2D eigenvalue weighted by atomic mass is 10.1. The van der Waals surface area contributed by atoms with Gasteiger partial charge in [0.05, 0.1) is 7.11 Å². The fourth-order valence-corrected chi connectivity index (χ4v) is 0.605. The van der Waals surface area contributed by atoms with E-state index in [9.17, 15) is 0 Å². The van der Waals surface area contributed by atoms with Crippen LogP contribution < -0.4 is 0 Å². The van der Waals surface area contributed by atoms with E-state index >= 15 is 0 Å². The van der Waals surface area contributed by atoms with Crippen molar-refractivity contribution in [3.63, 3.8) is 0 Å². The minimum Gasteiger partial charge on any atom is -0.607 e. The van der Waals surface area contributed by atoms with Gasteiger partial charge in [-0.3, -0.25) is 0 Å². The van der Waals surface area contributed by atoms with Gasteiger partial charge in [-0.2, -0.15) is 0 Å². The van der Waals surface area contributed by atoms with Crippen molar-refractivity contribution in [1.29, 1.82) is 0 Å². The molecule has 0 aliphatic heterocycles. The predicted molar refractivity (Wildman–Crippen MR) is 34.9 cm³/mol. The van der Waals surface area contributed by atoms with E-state index in [4.69, 9.17) is 14.0 Å². The van der Waals surface area contributed by atoms with Crippen LogP contribution in [0.1, 0.15) is 0 Å². The second-order valence-corrected chi connectivity index (χ2v) is 1.57. The van der Waals surface area contributed by atoms with Crippen molar-refractivity contribution < 1.29 is 18.6 Å². The lowest BCUT2D eigenvalue weighted by Gasteiger charge is -2.27. The molecule has 0 aliphatic rings. The summed E-state index contributed by atoms with van der Waals surface area (Å²) in [6.07, 6.45) is 0. The van der Waals surface area contributed by atoms with Crippen LogP contribution in [0.2, 0.25) is 0 Å². The highest BCUT2D eigenvalue weighted by Crippen LogP contribution is 2.01. The first-order chi connectivity index (χ1) is 4.24. The van der Waals surface area contributed by atoms with E-state index in [1.165, 1.54) is 21.3 Å². The van der Waals surface area contributed by atoms with Crippen LogP contribution in [0, 0.1) is 0 Å². The number of hydrogen-bond donors (Lipinski definition) is 0. The first-order valence-electron chi connectivity index (χ1n) is 2.64. The zero-order chi connectivity index (χ0) is 7.33. The average Bonchev–Trinajstić information content (AvgIpc) is 1.95. The zero-order valence-electron chi connectivity index (χ0n) is 6.25. The molecule has 0 rings (SSSR count). The first-order valence-corrected chi connectivity index (χ1v) is 2.64. The fraction of sp³-hybridized carbons (Fsp3) is 1.00. The van der Waals surface area contributed by atoms with Gasteiger partial charge >= 0.3 is 6.96 Å². The third-order valence-corrected chi connectivity index (χ3v) is 1.21. The Morgan fingerprint density at radius 1 is 1.00 bits per heavy atom. The van der Waals surface area contributed by atoms with E-state index in [1.54, 1.807) is 7.11 Å². The van der Waals surface area contributed by atoms with Crippen LogP contribution in [0.5, 0.6) is 0 Å². The third kappa shape index (κ3) is 1.94. The molecule has 1 N–H and O–H groups in total. The van der Waals surface area contributed by atoms with Crippen LogP contribution in [0.25, 0.3) is 0 Å². The van der Waals surface area contributed by atoms with E-state index < -0.39 is 6.96 Å². The average molecular weight is 136 g/mol. The number of hydrogen-bond acceptors (Lipinski definition) is 3. The molecule has 0 fully saturated rings. The highest BCUT2D eigenvalue weighted by molar-refractivity contribution is 6.52. The molecule has 5 heteroatoms. The Bertz CT molecular complexity index is 55.5. The zero-order valence-corrected chi connectivity index (χ0v) is 6.25. The van der Waals surface area contributed by atoms with Crippen LogP contribution in [-0.4, -0.2) is 40.1 Å². The summed E-state index contributed by atoms with van der Waals surface area (Å²) in [6, 6.07) is 0. The van der Waals surface area contributed by atoms with Gasteiger partial charge in [-0.25, -0.2) is 0 Å². The van der Waals surface area contributed by atoms with Crippen molar-refractivity contribution in [2.24, 2.45) is 0 Å². The molecular weight excluding hydrogens is 123 g/mol. The monoisotopic (exact) mass is 136 g/mol. The molecule has 0 heterocycles. The smallest absolute Gasteiger partial charge is 0.607 e. The minimum absolute atomic E-state index is 1.49. The molecule has 9 heavy (non-hydrogen) atoms. The van der Waals surface area contributed by atoms with Crippen LogP contribution in [-0.2, 0) is 14.0 Å². The Morgan fingerprint density at radius 3 is 1.33 bits per heavy atom. The third-order valence-electron chi connectivity index (χ3n) is 1.21. The Balaban J connectivity index is 3.82. The summed E-state index contributed by atoms with van der Waals surface area (Å²) >= 11 is 0. The van der Waals surface area contributed by atoms with Gasteiger partial charge in [-0.15, -0.1) is 0 Å². The standard InChI is InChI=1S/C4H13BO4/c1-6-5(7-2,8-3)9-4/h6H,1-4H3. The van der Waals surface area contributed by atoms with Gasteiger partial charge in [0, 0.05) is 0 Å². The minimum atomic E-state index is -1.82. The van der Waals surface area contributed by atoms with Gasteiger partial charge < -0.3 is 18.6 Å². The van der Waals surface area contributed by atoms with Crippen molar-refractivity contribution in [2.75, 3.05) is 28.4 Å². The maximum atomic E-state index is 4.84. The molecule has 0 saturated carbocycles. The molecule has 4 nitrogen and oxygen atoms in total. The predicted octanol–water partition coefficient (Wildman–Crippen LogP) is -0.481. The molecule has 0 spiro atoms. The maximum absolute atomic E-state index is 4.84. The van der Waals surface area contributed by atoms with E-state index in [0.717, 1.165) is 0 Å². The van der Waals surface area contributed by atoms with Gasteiger partial charge in [0.2, 0.25) is 0 Å². The van der Waals surface area contributed by atoms with Gasteiger partial charge in [-0.1, -0.05) is 0 Å². The highest BCUT2D eigenvalue weighted by atomic mass is 16.9. The van der Waals surface area contributed by atoms with Gasteiger partial charge in [-0.05, 0) is 21.3 Å². The van der Waals surface area contributed by atoms with Crippen LogP contribution in [0.4, 0.5) is 0 Å². The Kier molecular flexibility index (Phi) is 3.80. The molecule has 0 bridgehead atoms. The molecule has 0 aromatic heterocycles. The Morgan fingerprint density at radius 2 is 1.33 bits per heavy atom. The number of rotatable bonds is 4. The van der Waals surface area contributed by atoms with Crippen LogP contribution in [0.3, 0.4) is 0 Å². The molecule has 0 aromatic rings. The largest absolute Gasteiger partial charge is 0.729 e. The van der Waals surface area contributed by atoms with E-state index in [1.807, 2.05) is 0 Å². The molecule has 0 unspecified atom stereocenters. The van der Waals surface area contributed by atoms with Gasteiger partial charge in [0.1, 0.15) is 0 Å². The van der Waals surface area contributed by atoms with Crippen LogP contribution >= 0.6 is 0 Å². The fourth-order valence-electron chi connectivity index (χ4n) is 0.605. The summed E-state index contributed by atoms with van der Waals surface area (Å²) in [5, 5.41) is 0. The maximum Gasteiger partial charge on any atom is 0.729 e. The summed E-state index contributed by atoms with van der Waals surface area (Å²) in [6.45, 7) is -1.82. The molecule has 0 amide bonds.